The van der Waals surface area contributed by atoms with Gasteiger partial charge in [0.1, 0.15) is 11.5 Å². The van der Waals surface area contributed by atoms with Crippen LogP contribution in [-0.4, -0.2) is 30.1 Å². The molecule has 3 aromatic rings. The number of aryl methyl sites for hydroxylation is 2. The summed E-state index contributed by atoms with van der Waals surface area (Å²) < 4.78 is 55.8. The summed E-state index contributed by atoms with van der Waals surface area (Å²) in [6.45, 7) is 14.2. The number of hydrogen-bond acceptors (Lipinski definition) is 4. The van der Waals surface area contributed by atoms with E-state index in [0.717, 1.165) is 42.8 Å². The van der Waals surface area contributed by atoms with Gasteiger partial charge >= 0.3 is 0 Å². The molecule has 0 saturated carbocycles. The van der Waals surface area contributed by atoms with Crippen molar-refractivity contribution in [1.82, 2.24) is 5.16 Å². The summed E-state index contributed by atoms with van der Waals surface area (Å²) in [5.41, 5.74) is 5.00. The molecular formula is C33H41F4N3O. The lowest BCUT2D eigenvalue weighted by Gasteiger charge is -2.06. The quantitative estimate of drug-likeness (QED) is 0.146. The summed E-state index contributed by atoms with van der Waals surface area (Å²) >= 11 is 0. The van der Waals surface area contributed by atoms with Gasteiger partial charge in [-0.1, -0.05) is 74.0 Å². The first-order valence-corrected chi connectivity index (χ1v) is 13.5. The van der Waals surface area contributed by atoms with Gasteiger partial charge < -0.3 is 4.52 Å². The van der Waals surface area contributed by atoms with Gasteiger partial charge in [0, 0.05) is 54.6 Å². The first-order chi connectivity index (χ1) is 19.4. The van der Waals surface area contributed by atoms with Gasteiger partial charge in [0.15, 0.2) is 11.6 Å². The van der Waals surface area contributed by atoms with Gasteiger partial charge in [0.05, 0.1) is 5.70 Å². The molecule has 2 aromatic carbocycles. The van der Waals surface area contributed by atoms with Crippen molar-refractivity contribution in [2.45, 2.75) is 73.1 Å². The van der Waals surface area contributed by atoms with Crippen LogP contribution in [0.25, 0.3) is 11.3 Å². The Bertz CT molecular complexity index is 1320. The molecule has 0 aliphatic carbocycles. The maximum atomic E-state index is 13.6. The number of nitrogens with zero attached hydrogens (tertiary/aromatic N) is 3. The molecule has 8 heteroatoms. The second-order valence-electron chi connectivity index (χ2n) is 9.46. The Kier molecular flexibility index (Phi) is 15.3. The molecule has 3 rings (SSSR count). The molecule has 0 unspecified atom stereocenters. The summed E-state index contributed by atoms with van der Waals surface area (Å²) in [4.78, 5) is 8.11. The predicted octanol–water partition coefficient (Wildman–Crippen LogP) is 9.98. The van der Waals surface area contributed by atoms with Crippen LogP contribution in [0.15, 0.2) is 87.0 Å². The minimum atomic E-state index is -2.45. The third-order valence-corrected chi connectivity index (χ3v) is 5.74. The Hall–Kier alpha value is -3.81. The highest BCUT2D eigenvalue weighted by Crippen LogP contribution is 2.20. The average molecular weight is 572 g/mol. The molecule has 0 N–H and O–H groups in total. The van der Waals surface area contributed by atoms with Crippen molar-refractivity contribution in [2.24, 2.45) is 9.98 Å². The summed E-state index contributed by atoms with van der Waals surface area (Å²) in [7, 11) is 1.63. The fraction of sp³-hybridized carbons (Fsp3) is 0.364. The number of aliphatic imine (C=N–C) groups is 2. The van der Waals surface area contributed by atoms with Crippen LogP contribution in [0.5, 0.6) is 0 Å². The lowest BCUT2D eigenvalue weighted by Crippen LogP contribution is -2.07. The monoisotopic (exact) mass is 571 g/mol. The van der Waals surface area contributed by atoms with E-state index < -0.39 is 17.6 Å². The van der Waals surface area contributed by atoms with Crippen molar-refractivity contribution in [2.75, 3.05) is 7.05 Å². The van der Waals surface area contributed by atoms with E-state index in [4.69, 9.17) is 4.52 Å². The molecule has 0 bridgehead atoms. The molecule has 0 fully saturated rings. The highest BCUT2D eigenvalue weighted by atomic mass is 19.3. The third kappa shape index (κ3) is 12.9. The SMILES string of the molecule is C=C(C=NC)/C(=C\C)N=C(C)c1cccc(F)c1F.CCCCC(C)(F)F.CCc1cc(-c2ccc(C)cc2)no1. The Morgan fingerprint density at radius 3 is 2.24 bits per heavy atom. The first kappa shape index (κ1) is 35.2. The molecule has 0 spiro atoms. The molecule has 0 amide bonds. The van der Waals surface area contributed by atoms with Gasteiger partial charge in [-0.3, -0.25) is 9.98 Å². The first-order valence-electron chi connectivity index (χ1n) is 13.5. The Morgan fingerprint density at radius 2 is 1.76 bits per heavy atom. The summed E-state index contributed by atoms with van der Waals surface area (Å²) in [5.74, 6) is -3.30. The second-order valence-corrected chi connectivity index (χ2v) is 9.46. The van der Waals surface area contributed by atoms with Crippen molar-refractivity contribution in [1.29, 1.82) is 0 Å². The van der Waals surface area contributed by atoms with Crippen LogP contribution >= 0.6 is 0 Å². The van der Waals surface area contributed by atoms with Crippen LogP contribution in [0.4, 0.5) is 17.6 Å². The van der Waals surface area contributed by atoms with Crippen LogP contribution in [-0.2, 0) is 6.42 Å². The van der Waals surface area contributed by atoms with Crippen LogP contribution in [0.1, 0.15) is 70.8 Å². The lowest BCUT2D eigenvalue weighted by atomic mass is 10.1. The molecule has 0 saturated heterocycles. The zero-order valence-electron chi connectivity index (χ0n) is 25.1. The van der Waals surface area contributed by atoms with E-state index in [1.165, 1.54) is 17.7 Å². The van der Waals surface area contributed by atoms with E-state index >= 15 is 0 Å². The van der Waals surface area contributed by atoms with Gasteiger partial charge in [-0.05, 0) is 46.2 Å². The van der Waals surface area contributed by atoms with E-state index in [1.54, 1.807) is 33.2 Å². The van der Waals surface area contributed by atoms with Crippen molar-refractivity contribution < 1.29 is 22.1 Å². The number of unbranched alkanes of at least 4 members (excludes halogenated alkanes) is 1. The number of halogens is 4. The van der Waals surface area contributed by atoms with Crippen LogP contribution < -0.4 is 0 Å². The number of alkyl halides is 2. The molecule has 1 heterocycles. The van der Waals surface area contributed by atoms with Crippen molar-refractivity contribution in [3.05, 3.63) is 101 Å². The van der Waals surface area contributed by atoms with Gasteiger partial charge in [-0.25, -0.2) is 17.6 Å². The molecule has 0 radical (unpaired) electrons. The minimum Gasteiger partial charge on any atom is -0.361 e. The topological polar surface area (TPSA) is 50.8 Å². The number of rotatable bonds is 9. The Labute approximate surface area is 241 Å². The van der Waals surface area contributed by atoms with Crippen LogP contribution in [0.3, 0.4) is 0 Å². The predicted molar refractivity (Wildman–Crippen MR) is 162 cm³/mol. The zero-order chi connectivity index (χ0) is 31.0. The van der Waals surface area contributed by atoms with Gasteiger partial charge in [0.2, 0.25) is 5.92 Å². The highest BCUT2D eigenvalue weighted by Gasteiger charge is 2.18. The summed E-state index contributed by atoms with van der Waals surface area (Å²) in [6, 6.07) is 14.3. The molecule has 41 heavy (non-hydrogen) atoms. The van der Waals surface area contributed by atoms with Crippen LogP contribution in [0, 0.1) is 18.6 Å². The fourth-order valence-electron chi connectivity index (χ4n) is 3.39. The molecule has 1 aromatic heterocycles. The fourth-order valence-corrected chi connectivity index (χ4v) is 3.39. The minimum absolute atomic E-state index is 0.0312. The average Bonchev–Trinajstić information content (AvgIpc) is 3.42. The van der Waals surface area contributed by atoms with E-state index in [2.05, 4.69) is 59.8 Å². The molecule has 0 atom stereocenters. The Balaban J connectivity index is 0.000000334. The maximum Gasteiger partial charge on any atom is 0.245 e. The van der Waals surface area contributed by atoms with E-state index in [1.807, 2.05) is 13.0 Å². The van der Waals surface area contributed by atoms with E-state index in [9.17, 15) is 17.6 Å². The number of benzene rings is 2. The normalized spacial score (nSPS) is 12.0. The second kappa shape index (κ2) is 17.8. The van der Waals surface area contributed by atoms with Gasteiger partial charge in [0.25, 0.3) is 0 Å². The van der Waals surface area contributed by atoms with Crippen LogP contribution in [0.2, 0.25) is 0 Å². The standard InChI is InChI=1S/C15H16F2N2.C12H13NO.C6H12F2/c1-5-14(10(2)9-18-4)19-11(3)12-7-6-8-13(16)15(12)17;1-3-11-8-12(13-14-11)10-6-4-9(2)5-7-10;1-3-4-5-6(2,7)8/h5-9H,2H2,1,3-4H3;4-8H,3H2,1-2H3;3-5H2,1-2H3/b14-5+,18-9?,19-11?;;. The van der Waals surface area contributed by atoms with Gasteiger partial charge in [-0.2, -0.15) is 0 Å². The highest BCUT2D eigenvalue weighted by molar-refractivity contribution is 6.00. The van der Waals surface area contributed by atoms with E-state index in [0.29, 0.717) is 23.4 Å². The Morgan fingerprint density at radius 1 is 1.10 bits per heavy atom. The van der Waals surface area contributed by atoms with Gasteiger partial charge in [-0.15, -0.1) is 0 Å². The summed E-state index contributed by atoms with van der Waals surface area (Å²) in [6.07, 6.45) is 5.70. The zero-order valence-corrected chi connectivity index (χ0v) is 25.1. The molecule has 0 aliphatic rings. The maximum absolute atomic E-state index is 13.6. The molecule has 222 valence electrons. The largest absolute Gasteiger partial charge is 0.361 e. The third-order valence-electron chi connectivity index (χ3n) is 5.74. The molecule has 0 aliphatic heterocycles. The summed E-state index contributed by atoms with van der Waals surface area (Å²) in [5, 5.41) is 4.01. The van der Waals surface area contributed by atoms with Crippen molar-refractivity contribution >= 4 is 11.9 Å². The molecule has 4 nitrogen and oxygen atoms in total. The van der Waals surface area contributed by atoms with Crippen molar-refractivity contribution in [3.63, 3.8) is 0 Å². The smallest absolute Gasteiger partial charge is 0.245 e. The number of allylic oxidation sites excluding steroid dienone is 2. The lowest BCUT2D eigenvalue weighted by molar-refractivity contribution is 0.0108. The molecular weight excluding hydrogens is 530 g/mol. The number of aromatic nitrogens is 1. The van der Waals surface area contributed by atoms with Crippen molar-refractivity contribution in [3.8, 4) is 11.3 Å². The number of hydrogen-bond donors (Lipinski definition) is 0. The van der Waals surface area contributed by atoms with E-state index in [-0.39, 0.29) is 12.0 Å².